The summed E-state index contributed by atoms with van der Waals surface area (Å²) in [5, 5.41) is 2.26. The molecular weight excluding hydrogens is 254 g/mol. The zero-order valence-electron chi connectivity index (χ0n) is 9.86. The number of halogens is 1. The lowest BCUT2D eigenvalue weighted by Gasteiger charge is -2.36. The van der Waals surface area contributed by atoms with Gasteiger partial charge in [0.25, 0.3) is 5.91 Å². The number of fused-ring (bicyclic) bond motifs is 2. The van der Waals surface area contributed by atoms with Crippen LogP contribution >= 0.6 is 22.9 Å². The van der Waals surface area contributed by atoms with Crippen LogP contribution in [0.3, 0.4) is 0 Å². The molecule has 2 fully saturated rings. The first-order valence-electron chi connectivity index (χ1n) is 6.17. The maximum absolute atomic E-state index is 12.5. The first-order chi connectivity index (χ1) is 8.16. The molecule has 1 aromatic heterocycles. The highest BCUT2D eigenvalue weighted by Gasteiger charge is 2.43. The Balaban J connectivity index is 1.86. The summed E-state index contributed by atoms with van der Waals surface area (Å²) in [4.78, 5) is 15.6. The van der Waals surface area contributed by atoms with Crippen LogP contribution in [0.1, 0.15) is 40.9 Å². The molecule has 2 bridgehead atoms. The van der Waals surface area contributed by atoms with E-state index >= 15 is 0 Å². The molecule has 4 heteroatoms. The normalized spacial score (nSPS) is 31.9. The molecule has 0 spiro atoms. The van der Waals surface area contributed by atoms with Crippen molar-refractivity contribution in [2.75, 3.05) is 0 Å². The monoisotopic (exact) mass is 269 g/mol. The lowest BCUT2D eigenvalue weighted by Crippen LogP contribution is -2.46. The third kappa shape index (κ3) is 1.89. The van der Waals surface area contributed by atoms with E-state index in [1.807, 2.05) is 18.4 Å². The van der Waals surface area contributed by atoms with E-state index < -0.39 is 0 Å². The molecule has 0 N–H and O–H groups in total. The minimum absolute atomic E-state index is 0.230. The number of piperidine rings is 1. The summed E-state index contributed by atoms with van der Waals surface area (Å²) in [6, 6.07) is 2.78. The second-order valence-electron chi connectivity index (χ2n) is 5.10. The van der Waals surface area contributed by atoms with Crippen LogP contribution in [0.25, 0.3) is 0 Å². The van der Waals surface area contributed by atoms with Crippen molar-refractivity contribution in [3.05, 3.63) is 21.9 Å². The fourth-order valence-corrected chi connectivity index (χ4v) is 4.43. The SMILES string of the molecule is Cc1ccsc1C(=O)N1C2CCC1CC(Cl)C2. The Morgan fingerprint density at radius 3 is 2.59 bits per heavy atom. The van der Waals surface area contributed by atoms with E-state index in [4.69, 9.17) is 11.6 Å². The van der Waals surface area contributed by atoms with Gasteiger partial charge < -0.3 is 4.90 Å². The van der Waals surface area contributed by atoms with Gasteiger partial charge in [0.1, 0.15) is 0 Å². The molecule has 92 valence electrons. The predicted molar refractivity (Wildman–Crippen MR) is 70.9 cm³/mol. The lowest BCUT2D eigenvalue weighted by atomic mass is 10.0. The molecule has 17 heavy (non-hydrogen) atoms. The summed E-state index contributed by atoms with van der Waals surface area (Å²) in [7, 11) is 0. The van der Waals surface area contributed by atoms with Crippen molar-refractivity contribution in [2.24, 2.45) is 0 Å². The Hall–Kier alpha value is -0.540. The van der Waals surface area contributed by atoms with E-state index in [1.54, 1.807) is 11.3 Å². The number of aryl methyl sites for hydroxylation is 1. The number of hydrogen-bond acceptors (Lipinski definition) is 2. The zero-order valence-corrected chi connectivity index (χ0v) is 11.4. The quantitative estimate of drug-likeness (QED) is 0.716. The summed E-state index contributed by atoms with van der Waals surface area (Å²) in [6.07, 6.45) is 4.19. The fraction of sp³-hybridized carbons (Fsp3) is 0.615. The molecule has 0 saturated carbocycles. The molecule has 2 aliphatic rings. The molecule has 3 heterocycles. The molecule has 0 aliphatic carbocycles. The Morgan fingerprint density at radius 2 is 2.06 bits per heavy atom. The topological polar surface area (TPSA) is 20.3 Å². The van der Waals surface area contributed by atoms with Gasteiger partial charge in [0.2, 0.25) is 0 Å². The van der Waals surface area contributed by atoms with Gasteiger partial charge in [0, 0.05) is 17.5 Å². The van der Waals surface area contributed by atoms with Crippen LogP contribution in [0, 0.1) is 6.92 Å². The van der Waals surface area contributed by atoms with Gasteiger partial charge in [-0.3, -0.25) is 4.79 Å². The van der Waals surface area contributed by atoms with E-state index in [2.05, 4.69) is 4.90 Å². The van der Waals surface area contributed by atoms with Crippen LogP contribution in [0.5, 0.6) is 0 Å². The van der Waals surface area contributed by atoms with Crippen molar-refractivity contribution in [1.82, 2.24) is 4.90 Å². The van der Waals surface area contributed by atoms with Gasteiger partial charge in [-0.2, -0.15) is 0 Å². The van der Waals surface area contributed by atoms with Crippen molar-refractivity contribution in [2.45, 2.75) is 50.1 Å². The number of carbonyl (C=O) groups excluding carboxylic acids is 1. The zero-order chi connectivity index (χ0) is 12.0. The van der Waals surface area contributed by atoms with E-state index in [0.717, 1.165) is 36.1 Å². The van der Waals surface area contributed by atoms with E-state index in [0.29, 0.717) is 12.1 Å². The molecule has 2 unspecified atom stereocenters. The summed E-state index contributed by atoms with van der Waals surface area (Å²) in [5.41, 5.74) is 1.10. The number of nitrogens with zero attached hydrogens (tertiary/aromatic N) is 1. The van der Waals surface area contributed by atoms with Crippen molar-refractivity contribution >= 4 is 28.8 Å². The highest BCUT2D eigenvalue weighted by Crippen LogP contribution is 2.39. The second-order valence-corrected chi connectivity index (χ2v) is 6.63. The third-order valence-corrected chi connectivity index (χ3v) is 5.33. The fourth-order valence-electron chi connectivity index (χ4n) is 3.15. The molecule has 1 amide bonds. The van der Waals surface area contributed by atoms with Gasteiger partial charge >= 0.3 is 0 Å². The smallest absolute Gasteiger partial charge is 0.264 e. The first-order valence-corrected chi connectivity index (χ1v) is 7.49. The number of alkyl halides is 1. The molecule has 2 nitrogen and oxygen atoms in total. The third-order valence-electron chi connectivity index (χ3n) is 3.97. The van der Waals surface area contributed by atoms with E-state index in [1.165, 1.54) is 0 Å². The summed E-state index contributed by atoms with van der Waals surface area (Å²) in [6.45, 7) is 2.01. The predicted octanol–water partition coefficient (Wildman–Crippen LogP) is 3.43. The van der Waals surface area contributed by atoms with Crippen LogP contribution < -0.4 is 0 Å². The first kappa shape index (κ1) is 11.5. The van der Waals surface area contributed by atoms with Crippen molar-refractivity contribution < 1.29 is 4.79 Å². The van der Waals surface area contributed by atoms with E-state index in [-0.39, 0.29) is 11.3 Å². The largest absolute Gasteiger partial charge is 0.332 e. The van der Waals surface area contributed by atoms with Crippen LogP contribution in [-0.4, -0.2) is 28.3 Å². The minimum atomic E-state index is 0.230. The van der Waals surface area contributed by atoms with E-state index in [9.17, 15) is 4.79 Å². The van der Waals surface area contributed by atoms with Crippen LogP contribution in [0.15, 0.2) is 11.4 Å². The lowest BCUT2D eigenvalue weighted by molar-refractivity contribution is 0.0604. The van der Waals surface area contributed by atoms with Gasteiger partial charge in [-0.1, -0.05) is 0 Å². The second kappa shape index (κ2) is 4.29. The Labute approximate surface area is 111 Å². The standard InChI is InChI=1S/C13H16ClNOS/c1-8-4-5-17-12(8)13(16)15-10-2-3-11(15)7-9(14)6-10/h4-5,9-11H,2-3,6-7H2,1H3. The number of hydrogen-bond donors (Lipinski definition) is 0. The van der Waals surface area contributed by atoms with Crippen LogP contribution in [-0.2, 0) is 0 Å². The van der Waals surface area contributed by atoms with Crippen molar-refractivity contribution in [3.63, 3.8) is 0 Å². The Kier molecular flexibility index (Phi) is 2.91. The minimum Gasteiger partial charge on any atom is -0.332 e. The number of thiophene rings is 1. The van der Waals surface area contributed by atoms with Gasteiger partial charge in [-0.25, -0.2) is 0 Å². The molecule has 1 aromatic rings. The number of amides is 1. The van der Waals surface area contributed by atoms with Gasteiger partial charge in [-0.05, 0) is 49.6 Å². The summed E-state index contributed by atoms with van der Waals surface area (Å²) in [5.74, 6) is 0.230. The Morgan fingerprint density at radius 1 is 1.41 bits per heavy atom. The highest BCUT2D eigenvalue weighted by atomic mass is 35.5. The molecule has 2 aliphatic heterocycles. The van der Waals surface area contributed by atoms with Crippen LogP contribution in [0.2, 0.25) is 0 Å². The molecule has 2 saturated heterocycles. The Bertz CT molecular complexity index is 430. The summed E-state index contributed by atoms with van der Waals surface area (Å²) < 4.78 is 0. The maximum atomic E-state index is 12.5. The highest BCUT2D eigenvalue weighted by molar-refractivity contribution is 7.12. The number of carbonyl (C=O) groups is 1. The number of rotatable bonds is 1. The molecular formula is C13H16ClNOS. The van der Waals surface area contributed by atoms with Crippen molar-refractivity contribution in [3.8, 4) is 0 Å². The molecule has 0 radical (unpaired) electrons. The molecule has 0 aromatic carbocycles. The summed E-state index contributed by atoms with van der Waals surface area (Å²) >= 11 is 7.80. The van der Waals surface area contributed by atoms with Crippen molar-refractivity contribution in [1.29, 1.82) is 0 Å². The average molecular weight is 270 g/mol. The van der Waals surface area contributed by atoms with Gasteiger partial charge in [0.05, 0.1) is 4.88 Å². The molecule has 3 rings (SSSR count). The average Bonchev–Trinajstić information content (AvgIpc) is 2.81. The van der Waals surface area contributed by atoms with Gasteiger partial charge in [-0.15, -0.1) is 22.9 Å². The van der Waals surface area contributed by atoms with Crippen LogP contribution in [0.4, 0.5) is 0 Å². The maximum Gasteiger partial charge on any atom is 0.264 e. The molecule has 2 atom stereocenters. The van der Waals surface area contributed by atoms with Gasteiger partial charge in [0.15, 0.2) is 0 Å².